The molecule has 6 nitrogen and oxygen atoms in total. The minimum atomic E-state index is -2.95. The number of nitrogens with one attached hydrogen (secondary N) is 1. The molecule has 1 heterocycles. The zero-order chi connectivity index (χ0) is 24.9. The lowest BCUT2D eigenvalue weighted by Crippen LogP contribution is -2.26. The maximum Gasteiger partial charge on any atom is 0.387 e. The quantitative estimate of drug-likeness (QED) is 0.252. The molecule has 0 bridgehead atoms. The number of rotatable bonds is 8. The van der Waals surface area contributed by atoms with Gasteiger partial charge in [0.05, 0.1) is 21.8 Å². The van der Waals surface area contributed by atoms with Crippen LogP contribution in [-0.2, 0) is 11.2 Å². The lowest BCUT2D eigenvalue weighted by molar-refractivity contribution is -0.115. The highest BCUT2D eigenvalue weighted by molar-refractivity contribution is 8.00. The Morgan fingerprint density at radius 2 is 1.74 bits per heavy atom. The van der Waals surface area contributed by atoms with Crippen LogP contribution in [0.25, 0.3) is 16.6 Å². The summed E-state index contributed by atoms with van der Waals surface area (Å²) in [7, 11) is 0. The molecule has 0 saturated carbocycles. The fourth-order valence-electron chi connectivity index (χ4n) is 3.48. The highest BCUT2D eigenvalue weighted by Crippen LogP contribution is 2.27. The third-order valence-corrected chi connectivity index (χ3v) is 6.40. The van der Waals surface area contributed by atoms with E-state index in [1.165, 1.54) is 34.4 Å². The predicted molar refractivity (Wildman–Crippen MR) is 134 cm³/mol. The van der Waals surface area contributed by atoms with Gasteiger partial charge in [-0.3, -0.25) is 14.2 Å². The van der Waals surface area contributed by atoms with E-state index >= 15 is 0 Å². The summed E-state index contributed by atoms with van der Waals surface area (Å²) in [4.78, 5) is 30.9. The second-order valence-electron chi connectivity index (χ2n) is 7.72. The molecule has 1 N–H and O–H groups in total. The Kier molecular flexibility index (Phi) is 7.45. The number of benzene rings is 3. The number of hydrogen-bond donors (Lipinski definition) is 1. The van der Waals surface area contributed by atoms with Crippen molar-refractivity contribution in [3.8, 4) is 11.4 Å². The molecule has 3 aromatic carbocycles. The summed E-state index contributed by atoms with van der Waals surface area (Å²) in [5, 5.41) is 3.01. The average Bonchev–Trinajstić information content (AvgIpc) is 2.85. The number of carbonyl (C=O) groups is 1. The van der Waals surface area contributed by atoms with Crippen LogP contribution in [0.4, 0.5) is 14.5 Å². The maximum atomic E-state index is 13.4. The molecule has 35 heavy (non-hydrogen) atoms. The molecule has 1 atom stereocenters. The van der Waals surface area contributed by atoms with E-state index in [0.29, 0.717) is 27.4 Å². The molecule has 9 heteroatoms. The monoisotopic (exact) mass is 495 g/mol. The van der Waals surface area contributed by atoms with Crippen molar-refractivity contribution >= 4 is 34.3 Å². The molecule has 0 aliphatic carbocycles. The first kappa shape index (κ1) is 24.4. The van der Waals surface area contributed by atoms with E-state index in [4.69, 9.17) is 0 Å². The summed E-state index contributed by atoms with van der Waals surface area (Å²) < 4.78 is 30.8. The minimum Gasteiger partial charge on any atom is -0.435 e. The number of carbonyl (C=O) groups excluding carboxylic acids is 1. The maximum absolute atomic E-state index is 13.4. The number of thioether (sulfide) groups is 1. The topological polar surface area (TPSA) is 73.2 Å². The molecule has 1 amide bonds. The van der Waals surface area contributed by atoms with Crippen LogP contribution in [0.2, 0.25) is 0 Å². The average molecular weight is 496 g/mol. The van der Waals surface area contributed by atoms with Gasteiger partial charge in [0, 0.05) is 5.69 Å². The zero-order valence-corrected chi connectivity index (χ0v) is 19.9. The number of hydrogen-bond acceptors (Lipinski definition) is 5. The highest BCUT2D eigenvalue weighted by Gasteiger charge is 2.21. The van der Waals surface area contributed by atoms with E-state index in [1.807, 2.05) is 24.3 Å². The SMILES string of the molecule is CCc1ccc(NC(=O)[C@@H](C)Sc2nc3ccccc3c(=O)n2-c2ccc(OC(F)F)cc2)cc1. The van der Waals surface area contributed by atoms with E-state index in [2.05, 4.69) is 22.0 Å². The smallest absolute Gasteiger partial charge is 0.387 e. The van der Waals surface area contributed by atoms with Crippen LogP contribution in [0.5, 0.6) is 5.75 Å². The van der Waals surface area contributed by atoms with Crippen LogP contribution in [-0.4, -0.2) is 27.3 Å². The van der Waals surface area contributed by atoms with Crippen molar-refractivity contribution in [3.05, 3.63) is 88.7 Å². The summed E-state index contributed by atoms with van der Waals surface area (Å²) in [6.45, 7) is 0.836. The van der Waals surface area contributed by atoms with E-state index in [0.717, 1.165) is 18.2 Å². The number of aryl methyl sites for hydroxylation is 1. The Balaban J connectivity index is 1.66. The standard InChI is InChI=1S/C26H23F2N3O3S/c1-3-17-8-10-18(11-9-17)29-23(32)16(2)35-26-30-22-7-5-4-6-21(22)24(33)31(26)19-12-14-20(15-13-19)34-25(27)28/h4-16,25H,3H2,1-2H3,(H,29,32)/t16-/m1/s1. The van der Waals surface area contributed by atoms with Gasteiger partial charge in [0.15, 0.2) is 5.16 Å². The molecule has 1 aromatic heterocycles. The molecule has 0 radical (unpaired) electrons. The Hall–Kier alpha value is -3.72. The third kappa shape index (κ3) is 5.68. The van der Waals surface area contributed by atoms with Crippen LogP contribution in [0, 0.1) is 0 Å². The molecule has 180 valence electrons. The third-order valence-electron chi connectivity index (χ3n) is 5.35. The van der Waals surface area contributed by atoms with Crippen LogP contribution in [0.3, 0.4) is 0 Å². The second kappa shape index (κ2) is 10.7. The van der Waals surface area contributed by atoms with Crippen molar-refractivity contribution in [1.82, 2.24) is 9.55 Å². The Morgan fingerprint density at radius 1 is 1.06 bits per heavy atom. The molecule has 4 aromatic rings. The van der Waals surface area contributed by atoms with Gasteiger partial charge in [-0.2, -0.15) is 8.78 Å². The first-order valence-corrected chi connectivity index (χ1v) is 11.9. The van der Waals surface area contributed by atoms with Crippen molar-refractivity contribution in [2.45, 2.75) is 37.3 Å². The van der Waals surface area contributed by atoms with E-state index < -0.39 is 11.9 Å². The van der Waals surface area contributed by atoms with Crippen LogP contribution < -0.4 is 15.6 Å². The van der Waals surface area contributed by atoms with Gasteiger partial charge in [0.2, 0.25) is 5.91 Å². The molecular weight excluding hydrogens is 472 g/mol. The number of aromatic nitrogens is 2. The second-order valence-corrected chi connectivity index (χ2v) is 9.03. The Morgan fingerprint density at radius 3 is 2.40 bits per heavy atom. The van der Waals surface area contributed by atoms with Crippen molar-refractivity contribution < 1.29 is 18.3 Å². The van der Waals surface area contributed by atoms with Gasteiger partial charge in [-0.15, -0.1) is 0 Å². The number of anilines is 1. The fraction of sp³-hybridized carbons (Fsp3) is 0.192. The fourth-order valence-corrected chi connectivity index (χ4v) is 4.40. The minimum absolute atomic E-state index is 0.0263. The van der Waals surface area contributed by atoms with Crippen molar-refractivity contribution in [1.29, 1.82) is 0 Å². The van der Waals surface area contributed by atoms with Crippen molar-refractivity contribution in [3.63, 3.8) is 0 Å². The van der Waals surface area contributed by atoms with Crippen LogP contribution in [0.1, 0.15) is 19.4 Å². The van der Waals surface area contributed by atoms with Gasteiger partial charge in [0.1, 0.15) is 5.75 Å². The predicted octanol–water partition coefficient (Wildman–Crippen LogP) is 5.67. The summed E-state index contributed by atoms with van der Waals surface area (Å²) in [5.74, 6) is -0.268. The number of nitrogens with zero attached hydrogens (tertiary/aromatic N) is 2. The number of ether oxygens (including phenoxy) is 1. The number of halogens is 2. The highest BCUT2D eigenvalue weighted by atomic mass is 32.2. The van der Waals surface area contributed by atoms with E-state index in [-0.39, 0.29) is 17.2 Å². The van der Waals surface area contributed by atoms with Gasteiger partial charge < -0.3 is 10.1 Å². The molecule has 0 saturated heterocycles. The van der Waals surface area contributed by atoms with Gasteiger partial charge in [0.25, 0.3) is 5.56 Å². The summed E-state index contributed by atoms with van der Waals surface area (Å²) in [6, 6.07) is 20.2. The van der Waals surface area contributed by atoms with E-state index in [9.17, 15) is 18.4 Å². The van der Waals surface area contributed by atoms with Crippen LogP contribution in [0.15, 0.2) is 82.7 Å². The number of alkyl halides is 2. The normalized spacial score (nSPS) is 12.0. The summed E-state index contributed by atoms with van der Waals surface area (Å²) >= 11 is 1.13. The zero-order valence-electron chi connectivity index (χ0n) is 19.1. The van der Waals surface area contributed by atoms with Gasteiger partial charge in [-0.25, -0.2) is 4.98 Å². The van der Waals surface area contributed by atoms with Gasteiger partial charge >= 0.3 is 6.61 Å². The lowest BCUT2D eigenvalue weighted by atomic mass is 10.1. The van der Waals surface area contributed by atoms with Crippen LogP contribution >= 0.6 is 11.8 Å². The molecule has 0 aliphatic heterocycles. The molecule has 0 aliphatic rings. The number of amides is 1. The largest absolute Gasteiger partial charge is 0.435 e. The molecule has 0 unspecified atom stereocenters. The molecule has 0 spiro atoms. The molecule has 0 fully saturated rings. The van der Waals surface area contributed by atoms with Crippen molar-refractivity contribution in [2.75, 3.05) is 5.32 Å². The van der Waals surface area contributed by atoms with Gasteiger partial charge in [-0.1, -0.05) is 43.0 Å². The molecular formula is C26H23F2N3O3S. The summed E-state index contributed by atoms with van der Waals surface area (Å²) in [5.41, 5.74) is 2.43. The summed E-state index contributed by atoms with van der Waals surface area (Å²) in [6.07, 6.45) is 0.904. The van der Waals surface area contributed by atoms with Crippen molar-refractivity contribution in [2.24, 2.45) is 0 Å². The Labute approximate surface area is 205 Å². The first-order chi connectivity index (χ1) is 16.9. The number of fused-ring (bicyclic) bond motifs is 1. The first-order valence-electron chi connectivity index (χ1n) is 11.0. The van der Waals surface area contributed by atoms with Gasteiger partial charge in [-0.05, 0) is 67.4 Å². The Bertz CT molecular complexity index is 1390. The molecule has 4 rings (SSSR count). The number of para-hydroxylation sites is 1. The van der Waals surface area contributed by atoms with E-state index in [1.54, 1.807) is 31.2 Å². The lowest BCUT2D eigenvalue weighted by Gasteiger charge is -2.17.